The minimum atomic E-state index is 1.25. The number of benzene rings is 3. The standard InChI is InChI=1S/C20H13N/c1-2-8-17-15(7-1)16-9-5-6-14-10-11-18(20(17)19(14)16)21-12-3-4-13-21/h1-13H. The first kappa shape index (κ1) is 10.9. The number of hydrogen-bond donors (Lipinski definition) is 0. The van der Waals surface area contributed by atoms with Gasteiger partial charge < -0.3 is 4.57 Å². The van der Waals surface area contributed by atoms with E-state index >= 15 is 0 Å². The molecule has 0 unspecified atom stereocenters. The highest BCUT2D eigenvalue weighted by Gasteiger charge is 2.23. The van der Waals surface area contributed by atoms with Crippen LogP contribution in [0.1, 0.15) is 0 Å². The van der Waals surface area contributed by atoms with Crippen LogP contribution in [0.15, 0.2) is 79.1 Å². The Labute approximate surface area is 123 Å². The highest BCUT2D eigenvalue weighted by molar-refractivity contribution is 6.17. The molecule has 0 atom stereocenters. The molecule has 21 heavy (non-hydrogen) atoms. The molecular formula is C20H13N. The third-order valence-electron chi connectivity index (χ3n) is 4.39. The fourth-order valence-corrected chi connectivity index (χ4v) is 3.51. The molecule has 4 aromatic rings. The second kappa shape index (κ2) is 3.86. The van der Waals surface area contributed by atoms with Gasteiger partial charge in [0.05, 0.1) is 5.69 Å². The van der Waals surface area contributed by atoms with Gasteiger partial charge in [-0.25, -0.2) is 0 Å². The fourth-order valence-electron chi connectivity index (χ4n) is 3.51. The molecule has 0 N–H and O–H groups in total. The maximum atomic E-state index is 2.23. The van der Waals surface area contributed by atoms with E-state index in [9.17, 15) is 0 Å². The minimum Gasteiger partial charge on any atom is -0.323 e. The third kappa shape index (κ3) is 1.35. The second-order valence-electron chi connectivity index (χ2n) is 5.50. The number of rotatable bonds is 1. The van der Waals surface area contributed by atoms with Gasteiger partial charge >= 0.3 is 0 Å². The average molecular weight is 267 g/mol. The molecular weight excluding hydrogens is 254 g/mol. The summed E-state index contributed by atoms with van der Waals surface area (Å²) in [5, 5.41) is 2.69. The van der Waals surface area contributed by atoms with Crippen molar-refractivity contribution < 1.29 is 0 Å². The molecule has 0 amide bonds. The van der Waals surface area contributed by atoms with Gasteiger partial charge in [0.25, 0.3) is 0 Å². The lowest BCUT2D eigenvalue weighted by Crippen LogP contribution is -1.93. The van der Waals surface area contributed by atoms with Crippen LogP contribution >= 0.6 is 0 Å². The molecule has 98 valence electrons. The average Bonchev–Trinajstić information content (AvgIpc) is 3.17. The minimum absolute atomic E-state index is 1.25. The molecule has 0 saturated heterocycles. The number of nitrogens with zero attached hydrogens (tertiary/aromatic N) is 1. The van der Waals surface area contributed by atoms with Crippen LogP contribution in [0.3, 0.4) is 0 Å². The van der Waals surface area contributed by atoms with Gasteiger partial charge in [-0.1, -0.05) is 48.5 Å². The highest BCUT2D eigenvalue weighted by Crippen LogP contribution is 2.49. The van der Waals surface area contributed by atoms with Crippen molar-refractivity contribution >= 4 is 10.8 Å². The van der Waals surface area contributed by atoms with Gasteiger partial charge in [-0.05, 0) is 45.7 Å². The molecule has 0 radical (unpaired) electrons. The van der Waals surface area contributed by atoms with Gasteiger partial charge in [-0.15, -0.1) is 0 Å². The summed E-state index contributed by atoms with van der Waals surface area (Å²) in [6, 6.07) is 23.9. The van der Waals surface area contributed by atoms with E-state index in [2.05, 4.69) is 83.7 Å². The van der Waals surface area contributed by atoms with Gasteiger partial charge in [-0.2, -0.15) is 0 Å². The maximum Gasteiger partial charge on any atom is 0.0534 e. The van der Waals surface area contributed by atoms with Crippen molar-refractivity contribution in [3.8, 4) is 27.9 Å². The Hall–Kier alpha value is -2.80. The molecule has 0 spiro atoms. The Morgan fingerprint density at radius 2 is 1.33 bits per heavy atom. The maximum absolute atomic E-state index is 2.23. The Morgan fingerprint density at radius 3 is 2.19 bits per heavy atom. The van der Waals surface area contributed by atoms with E-state index in [1.54, 1.807) is 0 Å². The van der Waals surface area contributed by atoms with E-state index in [-0.39, 0.29) is 0 Å². The predicted molar refractivity (Wildman–Crippen MR) is 87.7 cm³/mol. The van der Waals surface area contributed by atoms with Crippen molar-refractivity contribution in [2.24, 2.45) is 0 Å². The second-order valence-corrected chi connectivity index (χ2v) is 5.50. The summed E-state index contributed by atoms with van der Waals surface area (Å²) in [7, 11) is 0. The summed E-state index contributed by atoms with van der Waals surface area (Å²) in [4.78, 5) is 0. The van der Waals surface area contributed by atoms with Crippen LogP contribution in [0.2, 0.25) is 0 Å². The van der Waals surface area contributed by atoms with Crippen LogP contribution in [-0.2, 0) is 0 Å². The summed E-state index contributed by atoms with van der Waals surface area (Å²) in [5.41, 5.74) is 6.65. The van der Waals surface area contributed by atoms with E-state index in [0.29, 0.717) is 0 Å². The first-order valence-electron chi connectivity index (χ1n) is 7.22. The van der Waals surface area contributed by atoms with Gasteiger partial charge in [0.15, 0.2) is 0 Å². The van der Waals surface area contributed by atoms with Crippen LogP contribution in [0.4, 0.5) is 0 Å². The number of fused-ring (bicyclic) bond motifs is 3. The highest BCUT2D eigenvalue weighted by atomic mass is 14.9. The molecule has 1 aliphatic carbocycles. The van der Waals surface area contributed by atoms with Crippen molar-refractivity contribution in [3.05, 3.63) is 79.1 Å². The molecule has 1 heterocycles. The normalized spacial score (nSPS) is 11.8. The summed E-state index contributed by atoms with van der Waals surface area (Å²) in [6.07, 6.45) is 4.22. The van der Waals surface area contributed by atoms with Crippen LogP contribution in [-0.4, -0.2) is 4.57 Å². The number of hydrogen-bond acceptors (Lipinski definition) is 0. The molecule has 0 bridgehead atoms. The van der Waals surface area contributed by atoms with Crippen LogP contribution in [0.5, 0.6) is 0 Å². The summed E-state index contributed by atoms with van der Waals surface area (Å²) in [5.74, 6) is 0. The van der Waals surface area contributed by atoms with Gasteiger partial charge in [0.1, 0.15) is 0 Å². The van der Waals surface area contributed by atoms with Gasteiger partial charge in [0, 0.05) is 18.0 Å². The molecule has 1 heteroatoms. The van der Waals surface area contributed by atoms with E-state index in [4.69, 9.17) is 0 Å². The Kier molecular flexibility index (Phi) is 2.01. The summed E-state index contributed by atoms with van der Waals surface area (Å²) >= 11 is 0. The smallest absolute Gasteiger partial charge is 0.0534 e. The topological polar surface area (TPSA) is 4.93 Å². The zero-order valence-electron chi connectivity index (χ0n) is 11.5. The van der Waals surface area contributed by atoms with Crippen LogP contribution in [0, 0.1) is 0 Å². The van der Waals surface area contributed by atoms with Crippen LogP contribution < -0.4 is 0 Å². The number of aromatic nitrogens is 1. The Morgan fingerprint density at radius 1 is 0.571 bits per heavy atom. The first-order chi connectivity index (χ1) is 10.4. The van der Waals surface area contributed by atoms with Gasteiger partial charge in [0.2, 0.25) is 0 Å². The van der Waals surface area contributed by atoms with E-state index < -0.39 is 0 Å². The third-order valence-corrected chi connectivity index (χ3v) is 4.39. The Balaban J connectivity index is 2.01. The first-order valence-corrected chi connectivity index (χ1v) is 7.22. The van der Waals surface area contributed by atoms with E-state index in [0.717, 1.165) is 0 Å². The lowest BCUT2D eigenvalue weighted by atomic mass is 10.0. The summed E-state index contributed by atoms with van der Waals surface area (Å²) < 4.78 is 2.20. The van der Waals surface area contributed by atoms with Crippen molar-refractivity contribution in [2.45, 2.75) is 0 Å². The van der Waals surface area contributed by atoms with E-state index in [1.807, 2.05) is 0 Å². The SMILES string of the molecule is c1ccc2c(c1)-c1cccc3ccc(-n4cccc4)c-2c13. The molecule has 0 aliphatic heterocycles. The predicted octanol–water partition coefficient (Wildman–Crippen LogP) is 5.28. The molecule has 5 rings (SSSR count). The zero-order chi connectivity index (χ0) is 13.8. The molecule has 0 fully saturated rings. The zero-order valence-corrected chi connectivity index (χ0v) is 11.5. The molecule has 3 aromatic carbocycles. The fraction of sp³-hybridized carbons (Fsp3) is 0. The van der Waals surface area contributed by atoms with Crippen LogP contribution in [0.25, 0.3) is 38.7 Å². The molecule has 1 aliphatic rings. The summed E-state index contributed by atoms with van der Waals surface area (Å²) in [6.45, 7) is 0. The van der Waals surface area contributed by atoms with Crippen molar-refractivity contribution in [3.63, 3.8) is 0 Å². The lowest BCUT2D eigenvalue weighted by molar-refractivity contribution is 1.09. The largest absolute Gasteiger partial charge is 0.323 e. The van der Waals surface area contributed by atoms with Crippen molar-refractivity contribution in [1.29, 1.82) is 0 Å². The molecule has 1 nitrogen and oxygen atoms in total. The monoisotopic (exact) mass is 267 g/mol. The molecule has 0 saturated carbocycles. The quantitative estimate of drug-likeness (QED) is 0.389. The lowest BCUT2D eigenvalue weighted by Gasteiger charge is -2.11. The van der Waals surface area contributed by atoms with Gasteiger partial charge in [-0.3, -0.25) is 0 Å². The van der Waals surface area contributed by atoms with E-state index in [1.165, 1.54) is 38.7 Å². The molecule has 1 aromatic heterocycles. The van der Waals surface area contributed by atoms with Crippen molar-refractivity contribution in [1.82, 2.24) is 4.57 Å². The Bertz CT molecular complexity index is 978. The van der Waals surface area contributed by atoms with Crippen molar-refractivity contribution in [2.75, 3.05) is 0 Å².